The molecule has 0 bridgehead atoms. The van der Waals surface area contributed by atoms with Gasteiger partial charge in [-0.1, -0.05) is 6.58 Å². The minimum Gasteiger partial charge on any atom is -0.476 e. The Labute approximate surface area is 112 Å². The third-order valence-corrected chi connectivity index (χ3v) is 1.69. The molecule has 0 heterocycles. The summed E-state index contributed by atoms with van der Waals surface area (Å²) in [5.74, 6) is -12.3. The second-order valence-electron chi connectivity index (χ2n) is 3.17. The highest BCUT2D eigenvalue weighted by molar-refractivity contribution is 7.81. The highest BCUT2D eigenvalue weighted by atomic mass is 32.1. The zero-order valence-electron chi connectivity index (χ0n) is 9.21. The van der Waals surface area contributed by atoms with E-state index >= 15 is 0 Å². The number of thiol groups is 1. The number of carbonyl (C=O) groups is 2. The first kappa shape index (κ1) is 18.6. The van der Waals surface area contributed by atoms with Crippen LogP contribution in [-0.2, 0) is 19.1 Å². The summed E-state index contributed by atoms with van der Waals surface area (Å²) in [5, 5.41) is 4.28. The molecule has 0 aromatic heterocycles. The van der Waals surface area contributed by atoms with Crippen molar-refractivity contribution in [2.75, 3.05) is 6.61 Å². The number of alkyl halides is 5. The number of hydrogen-bond acceptors (Lipinski definition) is 5. The van der Waals surface area contributed by atoms with E-state index in [2.05, 4.69) is 28.7 Å². The van der Waals surface area contributed by atoms with Gasteiger partial charge in [0.25, 0.3) is 0 Å². The van der Waals surface area contributed by atoms with E-state index in [9.17, 15) is 35.9 Å². The van der Waals surface area contributed by atoms with Crippen molar-refractivity contribution in [2.24, 2.45) is 0 Å². The van der Waals surface area contributed by atoms with E-state index in [1.165, 1.54) is 0 Å². The molecule has 1 N–H and O–H groups in total. The van der Waals surface area contributed by atoms with Gasteiger partial charge in [-0.15, -0.1) is 12.6 Å². The molecule has 0 spiro atoms. The van der Waals surface area contributed by atoms with Crippen LogP contribution in [0.15, 0.2) is 12.4 Å². The molecule has 20 heavy (non-hydrogen) atoms. The maximum absolute atomic E-state index is 12.6. The molecule has 0 aliphatic carbocycles. The first-order valence-corrected chi connectivity index (χ1v) is 4.79. The number of esters is 1. The summed E-state index contributed by atoms with van der Waals surface area (Å²) in [6, 6.07) is 0. The summed E-state index contributed by atoms with van der Waals surface area (Å²) in [6.07, 6.45) is -5.97. The monoisotopic (exact) mass is 328 g/mol. The molecule has 116 valence electrons. The van der Waals surface area contributed by atoms with Gasteiger partial charge in [0.1, 0.15) is 6.61 Å². The van der Waals surface area contributed by atoms with Crippen LogP contribution in [0.1, 0.15) is 0 Å². The van der Waals surface area contributed by atoms with Gasteiger partial charge in [0, 0.05) is 0 Å². The molecule has 5 nitrogen and oxygen atoms in total. The third kappa shape index (κ3) is 4.59. The molecule has 1 atom stereocenters. The van der Waals surface area contributed by atoms with Gasteiger partial charge in [-0.05, 0) is 0 Å². The minimum absolute atomic E-state index is 2.08. The lowest BCUT2D eigenvalue weighted by Crippen LogP contribution is -2.58. The fraction of sp³-hybridized carbons (Fsp3) is 0.500. The Bertz CT molecular complexity index is 417. The van der Waals surface area contributed by atoms with Gasteiger partial charge in [-0.25, -0.2) is 9.59 Å². The molecule has 1 unspecified atom stereocenters. The molecule has 0 radical (unpaired) electrons. The van der Waals surface area contributed by atoms with Crippen molar-refractivity contribution >= 4 is 24.6 Å². The number of rotatable bonds is 6. The maximum Gasteiger partial charge on any atom is 0.468 e. The molecule has 0 fully saturated rings. The standard InChI is InChI=1S/C8H6F6O5S/c1-3(9)4(15)19-7(5(16)17,8(12,13)14)18-2-6(10,11)20/h20H,1-2H2,(H,16,17). The molecule has 0 aromatic rings. The van der Waals surface area contributed by atoms with Gasteiger partial charge in [-0.2, -0.15) is 26.3 Å². The van der Waals surface area contributed by atoms with Crippen LogP contribution in [0.25, 0.3) is 0 Å². The van der Waals surface area contributed by atoms with E-state index in [0.717, 1.165) is 0 Å². The fourth-order valence-electron chi connectivity index (χ4n) is 0.770. The van der Waals surface area contributed by atoms with Crippen LogP contribution in [0.3, 0.4) is 0 Å². The van der Waals surface area contributed by atoms with Gasteiger partial charge in [0.15, 0.2) is 0 Å². The predicted molar refractivity (Wildman–Crippen MR) is 52.6 cm³/mol. The molecule has 0 amide bonds. The van der Waals surface area contributed by atoms with E-state index in [0.29, 0.717) is 0 Å². The maximum atomic E-state index is 12.6. The van der Waals surface area contributed by atoms with E-state index in [1.54, 1.807) is 0 Å². The zero-order chi connectivity index (χ0) is 16.4. The van der Waals surface area contributed by atoms with Crippen molar-refractivity contribution in [1.82, 2.24) is 0 Å². The second-order valence-corrected chi connectivity index (χ2v) is 3.82. The summed E-state index contributed by atoms with van der Waals surface area (Å²) in [6.45, 7) is 0.0966. The average Bonchev–Trinajstić information content (AvgIpc) is 2.19. The van der Waals surface area contributed by atoms with Crippen LogP contribution >= 0.6 is 12.6 Å². The zero-order valence-corrected chi connectivity index (χ0v) is 10.1. The Kier molecular flexibility index (Phi) is 5.49. The van der Waals surface area contributed by atoms with Crippen LogP contribution in [-0.4, -0.2) is 40.9 Å². The number of carbonyl (C=O) groups excluding carboxylic acids is 1. The van der Waals surface area contributed by atoms with Crippen molar-refractivity contribution in [3.63, 3.8) is 0 Å². The van der Waals surface area contributed by atoms with E-state index in [-0.39, 0.29) is 0 Å². The molecule has 0 aliphatic heterocycles. The Hall–Kier alpha value is -1.43. The van der Waals surface area contributed by atoms with E-state index < -0.39 is 41.6 Å². The smallest absolute Gasteiger partial charge is 0.468 e. The normalized spacial score (nSPS) is 15.3. The third-order valence-electron chi connectivity index (χ3n) is 1.56. The van der Waals surface area contributed by atoms with Gasteiger partial charge < -0.3 is 14.6 Å². The lowest BCUT2D eigenvalue weighted by atomic mass is 10.2. The SMILES string of the molecule is C=C(F)C(=O)OC(OCC(F)(F)S)(C(=O)O)C(F)(F)F. The highest BCUT2D eigenvalue weighted by Gasteiger charge is 2.67. The van der Waals surface area contributed by atoms with Gasteiger partial charge in [-0.3, -0.25) is 0 Å². The molecule has 0 saturated carbocycles. The molecule has 0 aliphatic rings. The molecule has 0 rings (SSSR count). The Morgan fingerprint density at radius 2 is 1.65 bits per heavy atom. The number of carboxylic acids is 1. The van der Waals surface area contributed by atoms with Crippen LogP contribution in [0.4, 0.5) is 26.3 Å². The number of aliphatic carboxylic acids is 1. The van der Waals surface area contributed by atoms with Crippen molar-refractivity contribution in [3.05, 3.63) is 12.4 Å². The van der Waals surface area contributed by atoms with Gasteiger partial charge in [0.2, 0.25) is 5.83 Å². The van der Waals surface area contributed by atoms with Crippen LogP contribution in [0, 0.1) is 0 Å². The molecule has 0 aromatic carbocycles. The second kappa shape index (κ2) is 5.91. The van der Waals surface area contributed by atoms with Crippen molar-refractivity contribution in [3.8, 4) is 0 Å². The molecular weight excluding hydrogens is 322 g/mol. The number of carboxylic acid groups (broad SMARTS) is 1. The van der Waals surface area contributed by atoms with E-state index in [4.69, 9.17) is 5.11 Å². The predicted octanol–water partition coefficient (Wildman–Crippen LogP) is 1.90. The van der Waals surface area contributed by atoms with Crippen LogP contribution in [0.5, 0.6) is 0 Å². The largest absolute Gasteiger partial charge is 0.476 e. The average molecular weight is 328 g/mol. The number of ether oxygens (including phenoxy) is 2. The first-order chi connectivity index (χ1) is 8.73. The van der Waals surface area contributed by atoms with E-state index in [1.807, 2.05) is 0 Å². The van der Waals surface area contributed by atoms with Crippen LogP contribution in [0.2, 0.25) is 0 Å². The van der Waals surface area contributed by atoms with Gasteiger partial charge >= 0.3 is 29.2 Å². The van der Waals surface area contributed by atoms with Gasteiger partial charge in [0.05, 0.1) is 0 Å². The summed E-state index contributed by atoms with van der Waals surface area (Å²) in [5.41, 5.74) is 0. The Morgan fingerprint density at radius 1 is 1.20 bits per heavy atom. The summed E-state index contributed by atoms with van der Waals surface area (Å²) < 4.78 is 81.6. The molecular formula is C8H6F6O5S. The lowest BCUT2D eigenvalue weighted by molar-refractivity contribution is -0.358. The van der Waals surface area contributed by atoms with Crippen molar-refractivity contribution in [2.45, 2.75) is 17.2 Å². The summed E-state index contributed by atoms with van der Waals surface area (Å²) in [4.78, 5) is 21.3. The molecule has 0 saturated heterocycles. The van der Waals surface area contributed by atoms with Crippen LogP contribution < -0.4 is 0 Å². The quantitative estimate of drug-likeness (QED) is 0.256. The first-order valence-electron chi connectivity index (χ1n) is 4.35. The topological polar surface area (TPSA) is 72.8 Å². The molecule has 12 heteroatoms. The number of hydrogen-bond donors (Lipinski definition) is 2. The summed E-state index contributed by atoms with van der Waals surface area (Å²) >= 11 is 2.51. The number of halogens is 6. The van der Waals surface area contributed by atoms with Crippen molar-refractivity contribution in [1.29, 1.82) is 0 Å². The lowest BCUT2D eigenvalue weighted by Gasteiger charge is -2.30. The van der Waals surface area contributed by atoms with Crippen molar-refractivity contribution < 1.29 is 50.5 Å². The summed E-state index contributed by atoms with van der Waals surface area (Å²) in [7, 11) is 0. The minimum atomic E-state index is -5.97. The Balaban J connectivity index is 5.56. The fourth-order valence-corrected chi connectivity index (χ4v) is 0.835. The Morgan fingerprint density at radius 3 is 1.90 bits per heavy atom. The highest BCUT2D eigenvalue weighted by Crippen LogP contribution is 2.37.